The summed E-state index contributed by atoms with van der Waals surface area (Å²) in [6.07, 6.45) is -0.000143. The molecular formula is C29H25Cl2F3O8S. The number of carbonyl (C=O) groups is 2. The molecule has 0 aliphatic carbocycles. The molecule has 4 rings (SSSR count). The van der Waals surface area contributed by atoms with E-state index in [0.717, 1.165) is 28.5 Å². The third-order valence-corrected chi connectivity index (χ3v) is 7.53. The van der Waals surface area contributed by atoms with Crippen LogP contribution >= 0.6 is 23.2 Å². The summed E-state index contributed by atoms with van der Waals surface area (Å²) in [7, 11) is -5.76. The first-order valence-corrected chi connectivity index (χ1v) is 14.8. The monoisotopic (exact) mass is 660 g/mol. The molecule has 0 spiro atoms. The smallest absolute Gasteiger partial charge is 0.508 e. The van der Waals surface area contributed by atoms with Gasteiger partial charge in [-0.1, -0.05) is 47.5 Å². The number of benzene rings is 4. The second kappa shape index (κ2) is 14.2. The minimum absolute atomic E-state index is 0.134. The normalized spacial score (nSPS) is 11.5. The molecule has 0 aliphatic heterocycles. The number of alkyl halides is 3. The van der Waals surface area contributed by atoms with Crippen molar-refractivity contribution in [3.63, 3.8) is 0 Å². The molecule has 8 nitrogen and oxygen atoms in total. The minimum atomic E-state index is -5.76. The Kier molecular flexibility index (Phi) is 11.1. The molecule has 0 heterocycles. The fourth-order valence-corrected chi connectivity index (χ4v) is 4.91. The molecule has 230 valence electrons. The van der Waals surface area contributed by atoms with E-state index in [4.69, 9.17) is 32.7 Å². The molecule has 4 aromatic carbocycles. The highest BCUT2D eigenvalue weighted by molar-refractivity contribution is 7.88. The molecule has 0 fully saturated rings. The maximum absolute atomic E-state index is 12.4. The van der Waals surface area contributed by atoms with Crippen LogP contribution in [-0.2, 0) is 42.0 Å². The van der Waals surface area contributed by atoms with Gasteiger partial charge < -0.3 is 18.8 Å². The van der Waals surface area contributed by atoms with E-state index in [-0.39, 0.29) is 36.2 Å². The highest BCUT2D eigenvalue weighted by Crippen LogP contribution is 2.33. The standard InChI is InChI=1S/C15H12ClF3O5S.C14H13ClO3/c1-2-23-14(20)8-12-11-5-4-10(7-9(11)3-6-13(12)16)24-25(21,22)15(17,18)19;1-2-18-14(17)8-12-11-5-4-10(16)7-9(11)3-6-13(12)15/h3-7H,2,8H2,1H3;3-7,16H,2,8H2,1H3. The molecule has 0 aliphatic rings. The summed E-state index contributed by atoms with van der Waals surface area (Å²) in [6.45, 7) is 3.95. The fourth-order valence-electron chi connectivity index (χ4n) is 4.00. The van der Waals surface area contributed by atoms with Gasteiger partial charge in [-0.15, -0.1) is 0 Å². The molecule has 43 heavy (non-hydrogen) atoms. The van der Waals surface area contributed by atoms with E-state index in [9.17, 15) is 36.3 Å². The number of aromatic hydroxyl groups is 1. The topological polar surface area (TPSA) is 116 Å². The van der Waals surface area contributed by atoms with Crippen LogP contribution < -0.4 is 4.18 Å². The van der Waals surface area contributed by atoms with Gasteiger partial charge in [0.2, 0.25) is 0 Å². The molecule has 0 amide bonds. The van der Waals surface area contributed by atoms with E-state index in [1.807, 2.05) is 6.07 Å². The molecule has 4 aromatic rings. The van der Waals surface area contributed by atoms with E-state index in [1.54, 1.807) is 38.1 Å². The maximum atomic E-state index is 12.4. The van der Waals surface area contributed by atoms with Crippen molar-refractivity contribution in [2.75, 3.05) is 13.2 Å². The predicted molar refractivity (Wildman–Crippen MR) is 156 cm³/mol. The van der Waals surface area contributed by atoms with Gasteiger partial charge in [-0.25, -0.2) is 0 Å². The molecule has 0 unspecified atom stereocenters. The zero-order valence-electron chi connectivity index (χ0n) is 22.7. The van der Waals surface area contributed by atoms with Crippen molar-refractivity contribution < 1.29 is 49.9 Å². The molecule has 1 N–H and O–H groups in total. The lowest BCUT2D eigenvalue weighted by atomic mass is 10.0. The number of carbonyl (C=O) groups excluding carboxylic acids is 2. The van der Waals surface area contributed by atoms with Gasteiger partial charge in [-0.2, -0.15) is 21.6 Å². The van der Waals surface area contributed by atoms with Crippen LogP contribution in [0.3, 0.4) is 0 Å². The minimum Gasteiger partial charge on any atom is -0.508 e. The van der Waals surface area contributed by atoms with E-state index in [2.05, 4.69) is 4.18 Å². The van der Waals surface area contributed by atoms with Crippen LogP contribution in [0.4, 0.5) is 13.2 Å². The van der Waals surface area contributed by atoms with Gasteiger partial charge in [0, 0.05) is 10.0 Å². The number of rotatable bonds is 8. The van der Waals surface area contributed by atoms with Crippen LogP contribution in [0.15, 0.2) is 60.7 Å². The van der Waals surface area contributed by atoms with Crippen LogP contribution in [-0.4, -0.2) is 44.2 Å². The molecule has 0 saturated heterocycles. The Bertz CT molecular complexity index is 1760. The summed E-state index contributed by atoms with van der Waals surface area (Å²) in [6, 6.07) is 14.9. The SMILES string of the molecule is CCOC(=O)Cc1c(Cl)ccc2cc(O)ccc12.CCOC(=O)Cc1c(Cl)ccc2cc(OS(=O)(=O)C(F)(F)F)ccc12. The summed E-state index contributed by atoms with van der Waals surface area (Å²) in [5, 5.41) is 12.8. The highest BCUT2D eigenvalue weighted by atomic mass is 35.5. The zero-order chi connectivity index (χ0) is 31.9. The number of hydrogen-bond donors (Lipinski definition) is 1. The zero-order valence-corrected chi connectivity index (χ0v) is 25.0. The largest absolute Gasteiger partial charge is 0.534 e. The third kappa shape index (κ3) is 8.65. The van der Waals surface area contributed by atoms with Gasteiger partial charge in [-0.3, -0.25) is 9.59 Å². The first kappa shape index (κ1) is 33.8. The Morgan fingerprint density at radius 2 is 1.23 bits per heavy atom. The maximum Gasteiger partial charge on any atom is 0.534 e. The summed E-state index contributed by atoms with van der Waals surface area (Å²) in [5.41, 5.74) is -4.38. The van der Waals surface area contributed by atoms with Crippen LogP contribution in [0, 0.1) is 0 Å². The van der Waals surface area contributed by atoms with E-state index < -0.39 is 27.3 Å². The summed E-state index contributed by atoms with van der Waals surface area (Å²) in [4.78, 5) is 23.2. The first-order chi connectivity index (χ1) is 20.2. The molecule has 0 aromatic heterocycles. The molecule has 0 atom stereocenters. The van der Waals surface area contributed by atoms with Gasteiger partial charge in [0.1, 0.15) is 11.5 Å². The molecular weight excluding hydrogens is 636 g/mol. The Hall–Kier alpha value is -3.74. The number of halogens is 5. The van der Waals surface area contributed by atoms with Gasteiger partial charge in [0.05, 0.1) is 26.1 Å². The number of hydrogen-bond acceptors (Lipinski definition) is 8. The van der Waals surface area contributed by atoms with Crippen molar-refractivity contribution in [2.24, 2.45) is 0 Å². The van der Waals surface area contributed by atoms with Crippen molar-refractivity contribution >= 4 is 66.8 Å². The van der Waals surface area contributed by atoms with Crippen LogP contribution in [0.2, 0.25) is 10.0 Å². The molecule has 0 radical (unpaired) electrons. The van der Waals surface area contributed by atoms with Crippen LogP contribution in [0.25, 0.3) is 21.5 Å². The first-order valence-electron chi connectivity index (χ1n) is 12.6. The number of esters is 2. The number of ether oxygens (including phenoxy) is 2. The lowest BCUT2D eigenvalue weighted by Gasteiger charge is -2.12. The van der Waals surface area contributed by atoms with Crippen LogP contribution in [0.1, 0.15) is 25.0 Å². The summed E-state index contributed by atoms with van der Waals surface area (Å²) >= 11 is 12.2. The average Bonchev–Trinajstić information content (AvgIpc) is 2.92. The fraction of sp³-hybridized carbons (Fsp3) is 0.241. The molecule has 14 heteroatoms. The molecule has 0 bridgehead atoms. The van der Waals surface area contributed by atoms with Crippen molar-refractivity contribution in [3.05, 3.63) is 81.8 Å². The summed E-state index contributed by atoms with van der Waals surface area (Å²) < 4.78 is 73.1. The number of phenolic OH excluding ortho intramolecular Hbond substituents is 1. The second-order valence-electron chi connectivity index (χ2n) is 8.79. The van der Waals surface area contributed by atoms with Crippen molar-refractivity contribution in [2.45, 2.75) is 32.2 Å². The Morgan fingerprint density at radius 3 is 1.70 bits per heavy atom. The van der Waals surface area contributed by atoms with Gasteiger partial charge in [0.25, 0.3) is 0 Å². The highest BCUT2D eigenvalue weighted by Gasteiger charge is 2.48. The Labute approximate surface area is 255 Å². The molecule has 0 saturated carbocycles. The number of fused-ring (bicyclic) bond motifs is 2. The van der Waals surface area contributed by atoms with Crippen molar-refractivity contribution in [1.82, 2.24) is 0 Å². The lowest BCUT2D eigenvalue weighted by Crippen LogP contribution is -2.28. The van der Waals surface area contributed by atoms with Gasteiger partial charge in [-0.05, 0) is 82.9 Å². The van der Waals surface area contributed by atoms with Crippen molar-refractivity contribution in [3.8, 4) is 11.5 Å². The van der Waals surface area contributed by atoms with Gasteiger partial charge in [0.15, 0.2) is 0 Å². The van der Waals surface area contributed by atoms with Crippen LogP contribution in [0.5, 0.6) is 11.5 Å². The predicted octanol–water partition coefficient (Wildman–Crippen LogP) is 7.13. The number of phenols is 1. The van der Waals surface area contributed by atoms with Gasteiger partial charge >= 0.3 is 27.6 Å². The van der Waals surface area contributed by atoms with E-state index in [1.165, 1.54) is 18.2 Å². The Balaban J connectivity index is 0.000000248. The summed E-state index contributed by atoms with van der Waals surface area (Å²) in [5.74, 6) is -1.14. The average molecular weight is 661 g/mol. The quantitative estimate of drug-likeness (QED) is 0.121. The third-order valence-electron chi connectivity index (χ3n) is 5.85. The van der Waals surface area contributed by atoms with E-state index >= 15 is 0 Å². The van der Waals surface area contributed by atoms with Crippen molar-refractivity contribution in [1.29, 1.82) is 0 Å². The Morgan fingerprint density at radius 1 is 0.767 bits per heavy atom. The second-order valence-corrected chi connectivity index (χ2v) is 11.1. The van der Waals surface area contributed by atoms with E-state index in [0.29, 0.717) is 28.0 Å². The lowest BCUT2D eigenvalue weighted by molar-refractivity contribution is -0.143.